The number of carbonyl (C=O) groups excluding carboxylic acids is 1. The lowest BCUT2D eigenvalue weighted by Gasteiger charge is -2.29. The molecule has 0 radical (unpaired) electrons. The van der Waals surface area contributed by atoms with Crippen LogP contribution in [0.25, 0.3) is 0 Å². The van der Waals surface area contributed by atoms with Crippen molar-refractivity contribution in [1.82, 2.24) is 5.32 Å². The van der Waals surface area contributed by atoms with E-state index in [0.29, 0.717) is 6.61 Å². The number of hydrogen-bond acceptors (Lipinski definition) is 3. The zero-order chi connectivity index (χ0) is 13.7. The first-order valence-electron chi connectivity index (χ1n) is 7.26. The van der Waals surface area contributed by atoms with E-state index in [1.807, 2.05) is 13.8 Å². The maximum atomic E-state index is 11.9. The summed E-state index contributed by atoms with van der Waals surface area (Å²) in [7, 11) is 0. The van der Waals surface area contributed by atoms with Gasteiger partial charge in [-0.25, -0.2) is 0 Å². The molecule has 1 N–H and O–H groups in total. The van der Waals surface area contributed by atoms with E-state index in [1.165, 1.54) is 17.5 Å². The van der Waals surface area contributed by atoms with E-state index in [9.17, 15) is 4.79 Å². The van der Waals surface area contributed by atoms with Gasteiger partial charge in [0, 0.05) is 6.04 Å². The summed E-state index contributed by atoms with van der Waals surface area (Å²) >= 11 is 0. The number of ether oxygens (including phenoxy) is 1. The first kappa shape index (κ1) is 14.1. The van der Waals surface area contributed by atoms with E-state index in [0.717, 1.165) is 19.3 Å². The third-order valence-corrected chi connectivity index (χ3v) is 3.75. The van der Waals surface area contributed by atoms with Crippen molar-refractivity contribution >= 4 is 5.97 Å². The summed E-state index contributed by atoms with van der Waals surface area (Å²) in [6.07, 6.45) is 4.17. The molecule has 0 spiro atoms. The number of aryl methyl sites for hydroxylation is 1. The van der Waals surface area contributed by atoms with Crippen LogP contribution in [-0.4, -0.2) is 18.6 Å². The fourth-order valence-electron chi connectivity index (χ4n) is 2.77. The van der Waals surface area contributed by atoms with Crippen LogP contribution in [-0.2, 0) is 16.0 Å². The van der Waals surface area contributed by atoms with Gasteiger partial charge in [0.05, 0.1) is 6.61 Å². The highest BCUT2D eigenvalue weighted by molar-refractivity contribution is 5.75. The first-order chi connectivity index (χ1) is 9.26. The number of carbonyl (C=O) groups is 1. The molecule has 2 rings (SSSR count). The van der Waals surface area contributed by atoms with Gasteiger partial charge in [0.25, 0.3) is 0 Å². The highest BCUT2D eigenvalue weighted by Gasteiger charge is 2.25. The minimum absolute atomic E-state index is 0.131. The van der Waals surface area contributed by atoms with Gasteiger partial charge in [0.15, 0.2) is 0 Å². The molecule has 1 aromatic carbocycles. The number of nitrogens with one attached hydrogen (secondary N) is 1. The molecule has 0 aliphatic heterocycles. The smallest absolute Gasteiger partial charge is 0.323 e. The standard InChI is InChI=1S/C16H23NO2/c1-3-14(16(18)19-4-2)17-15-11-7-9-12-8-5-6-10-13(12)15/h5-6,8,10,14-15,17H,3-4,7,9,11H2,1-2H3. The van der Waals surface area contributed by atoms with Crippen LogP contribution in [0.5, 0.6) is 0 Å². The van der Waals surface area contributed by atoms with Crippen LogP contribution in [0.15, 0.2) is 24.3 Å². The van der Waals surface area contributed by atoms with E-state index < -0.39 is 0 Å². The summed E-state index contributed by atoms with van der Waals surface area (Å²) in [6, 6.07) is 8.60. The normalized spacial score (nSPS) is 19.6. The molecule has 19 heavy (non-hydrogen) atoms. The molecule has 1 aliphatic rings. The van der Waals surface area contributed by atoms with Crippen LogP contribution >= 0.6 is 0 Å². The molecule has 0 heterocycles. The molecule has 104 valence electrons. The van der Waals surface area contributed by atoms with Crippen molar-refractivity contribution in [2.24, 2.45) is 0 Å². The zero-order valence-corrected chi connectivity index (χ0v) is 11.8. The maximum Gasteiger partial charge on any atom is 0.323 e. The third-order valence-electron chi connectivity index (χ3n) is 3.75. The van der Waals surface area contributed by atoms with Crippen LogP contribution in [0, 0.1) is 0 Å². The van der Waals surface area contributed by atoms with E-state index >= 15 is 0 Å². The fraction of sp³-hybridized carbons (Fsp3) is 0.562. The van der Waals surface area contributed by atoms with Crippen molar-refractivity contribution in [3.8, 4) is 0 Å². The third kappa shape index (κ3) is 3.35. The Balaban J connectivity index is 2.09. The number of esters is 1. The Morgan fingerprint density at radius 3 is 2.95 bits per heavy atom. The minimum atomic E-state index is -0.198. The Bertz CT molecular complexity index is 431. The molecule has 0 saturated carbocycles. The first-order valence-corrected chi connectivity index (χ1v) is 7.26. The van der Waals surface area contributed by atoms with Crippen molar-refractivity contribution in [2.45, 2.75) is 51.6 Å². The second-order valence-electron chi connectivity index (χ2n) is 5.02. The van der Waals surface area contributed by atoms with Crippen molar-refractivity contribution in [3.05, 3.63) is 35.4 Å². The molecular weight excluding hydrogens is 238 g/mol. The molecule has 0 amide bonds. The van der Waals surface area contributed by atoms with Gasteiger partial charge in [-0.15, -0.1) is 0 Å². The van der Waals surface area contributed by atoms with Gasteiger partial charge in [-0.1, -0.05) is 31.2 Å². The summed E-state index contributed by atoms with van der Waals surface area (Å²) in [4.78, 5) is 11.9. The van der Waals surface area contributed by atoms with Crippen molar-refractivity contribution in [2.75, 3.05) is 6.61 Å². The van der Waals surface area contributed by atoms with E-state index in [-0.39, 0.29) is 18.1 Å². The van der Waals surface area contributed by atoms with Crippen LogP contribution in [0.3, 0.4) is 0 Å². The predicted molar refractivity (Wildman–Crippen MR) is 76.0 cm³/mol. The molecule has 1 aliphatic carbocycles. The molecule has 0 bridgehead atoms. The molecule has 1 aromatic rings. The maximum absolute atomic E-state index is 11.9. The van der Waals surface area contributed by atoms with Crippen molar-refractivity contribution in [1.29, 1.82) is 0 Å². The highest BCUT2D eigenvalue weighted by atomic mass is 16.5. The van der Waals surface area contributed by atoms with Crippen LogP contribution in [0.4, 0.5) is 0 Å². The minimum Gasteiger partial charge on any atom is -0.465 e. The van der Waals surface area contributed by atoms with Gasteiger partial charge < -0.3 is 4.74 Å². The monoisotopic (exact) mass is 261 g/mol. The predicted octanol–water partition coefficient (Wildman–Crippen LogP) is 3.00. The SMILES string of the molecule is CCOC(=O)C(CC)NC1CCCc2ccccc21. The van der Waals surface area contributed by atoms with Gasteiger partial charge in [0.1, 0.15) is 6.04 Å². The lowest BCUT2D eigenvalue weighted by Crippen LogP contribution is -2.40. The summed E-state index contributed by atoms with van der Waals surface area (Å²) in [5.74, 6) is -0.131. The molecule has 2 atom stereocenters. The summed E-state index contributed by atoms with van der Waals surface area (Å²) in [5.41, 5.74) is 2.75. The van der Waals surface area contributed by atoms with Gasteiger partial charge in [-0.3, -0.25) is 10.1 Å². The molecule has 3 nitrogen and oxygen atoms in total. The summed E-state index contributed by atoms with van der Waals surface area (Å²) in [5, 5.41) is 3.47. The van der Waals surface area contributed by atoms with E-state index in [4.69, 9.17) is 4.74 Å². The number of hydrogen-bond donors (Lipinski definition) is 1. The lowest BCUT2D eigenvalue weighted by atomic mass is 9.87. The second kappa shape index (κ2) is 6.71. The topological polar surface area (TPSA) is 38.3 Å². The van der Waals surface area contributed by atoms with Crippen LogP contribution < -0.4 is 5.32 Å². The average Bonchev–Trinajstić information content (AvgIpc) is 2.45. The van der Waals surface area contributed by atoms with Gasteiger partial charge in [-0.05, 0) is 43.7 Å². The Morgan fingerprint density at radius 2 is 2.21 bits per heavy atom. The second-order valence-corrected chi connectivity index (χ2v) is 5.02. The van der Waals surface area contributed by atoms with Crippen molar-refractivity contribution in [3.63, 3.8) is 0 Å². The average molecular weight is 261 g/mol. The fourth-order valence-corrected chi connectivity index (χ4v) is 2.77. The summed E-state index contributed by atoms with van der Waals surface area (Å²) in [6.45, 7) is 4.31. The Kier molecular flexibility index (Phi) is 4.97. The Labute approximate surface area is 115 Å². The number of benzene rings is 1. The van der Waals surface area contributed by atoms with Crippen LogP contribution in [0.1, 0.15) is 50.3 Å². The lowest BCUT2D eigenvalue weighted by molar-refractivity contribution is -0.146. The molecule has 3 heteroatoms. The largest absolute Gasteiger partial charge is 0.465 e. The number of rotatable bonds is 5. The molecule has 0 fully saturated rings. The Morgan fingerprint density at radius 1 is 1.42 bits per heavy atom. The molecule has 0 aromatic heterocycles. The van der Waals surface area contributed by atoms with Gasteiger partial charge in [0.2, 0.25) is 0 Å². The highest BCUT2D eigenvalue weighted by Crippen LogP contribution is 2.30. The van der Waals surface area contributed by atoms with Gasteiger partial charge >= 0.3 is 5.97 Å². The van der Waals surface area contributed by atoms with E-state index in [1.54, 1.807) is 0 Å². The number of fused-ring (bicyclic) bond motifs is 1. The molecular formula is C16H23NO2. The molecule has 2 unspecified atom stereocenters. The Hall–Kier alpha value is -1.35. The van der Waals surface area contributed by atoms with E-state index in [2.05, 4.69) is 29.6 Å². The van der Waals surface area contributed by atoms with Crippen molar-refractivity contribution < 1.29 is 9.53 Å². The van der Waals surface area contributed by atoms with Gasteiger partial charge in [-0.2, -0.15) is 0 Å². The molecule has 0 saturated heterocycles. The zero-order valence-electron chi connectivity index (χ0n) is 11.8. The summed E-state index contributed by atoms with van der Waals surface area (Å²) < 4.78 is 5.12. The quantitative estimate of drug-likeness (QED) is 0.828. The van der Waals surface area contributed by atoms with Crippen LogP contribution in [0.2, 0.25) is 0 Å².